The van der Waals surface area contributed by atoms with Crippen molar-refractivity contribution in [2.45, 2.75) is 25.3 Å². The Morgan fingerprint density at radius 1 is 1.47 bits per heavy atom. The Hall–Kier alpha value is -2.51. The maximum absolute atomic E-state index is 11.6. The Kier molecular flexibility index (Phi) is 2.62. The fourth-order valence-electron chi connectivity index (χ4n) is 1.73. The average Bonchev–Trinajstić information content (AvgIpc) is 3.13. The van der Waals surface area contributed by atoms with Gasteiger partial charge >= 0.3 is 0 Å². The highest BCUT2D eigenvalue weighted by molar-refractivity contribution is 5.25. The summed E-state index contributed by atoms with van der Waals surface area (Å²) in [6.07, 6.45) is 3.26. The van der Waals surface area contributed by atoms with Crippen LogP contribution in [-0.2, 0) is 6.54 Å². The lowest BCUT2D eigenvalue weighted by molar-refractivity contribution is -0.385. The van der Waals surface area contributed by atoms with Crippen LogP contribution in [0.15, 0.2) is 27.6 Å². The third-order valence-electron chi connectivity index (χ3n) is 2.90. The molecule has 1 aliphatic rings. The van der Waals surface area contributed by atoms with Gasteiger partial charge < -0.3 is 9.09 Å². The van der Waals surface area contributed by atoms with Crippen molar-refractivity contribution in [2.24, 2.45) is 0 Å². The number of hydrogen-bond donors (Lipinski definition) is 0. The first-order valence-electron chi connectivity index (χ1n) is 5.81. The molecule has 1 aliphatic carbocycles. The average molecular weight is 262 g/mol. The molecule has 1 fully saturated rings. The highest BCUT2D eigenvalue weighted by Gasteiger charge is 2.29. The van der Waals surface area contributed by atoms with Crippen LogP contribution in [-0.4, -0.2) is 19.6 Å². The molecular formula is C11H10N4O4. The van der Waals surface area contributed by atoms with E-state index in [2.05, 4.69) is 10.1 Å². The Morgan fingerprint density at radius 3 is 2.95 bits per heavy atom. The van der Waals surface area contributed by atoms with E-state index in [0.29, 0.717) is 17.6 Å². The number of nitrogens with zero attached hydrogens (tertiary/aromatic N) is 4. The van der Waals surface area contributed by atoms with Crippen molar-refractivity contribution in [3.63, 3.8) is 0 Å². The second-order valence-corrected chi connectivity index (χ2v) is 4.43. The van der Waals surface area contributed by atoms with Gasteiger partial charge in [-0.15, -0.1) is 0 Å². The number of hydrogen-bond acceptors (Lipinski definition) is 6. The van der Waals surface area contributed by atoms with E-state index in [1.807, 2.05) is 0 Å². The summed E-state index contributed by atoms with van der Waals surface area (Å²) >= 11 is 0. The van der Waals surface area contributed by atoms with Gasteiger partial charge in [-0.25, -0.2) is 0 Å². The summed E-state index contributed by atoms with van der Waals surface area (Å²) < 4.78 is 6.26. The van der Waals surface area contributed by atoms with Gasteiger partial charge in [0, 0.05) is 18.1 Å². The fraction of sp³-hybridized carbons (Fsp3) is 0.364. The molecule has 3 rings (SSSR count). The third-order valence-corrected chi connectivity index (χ3v) is 2.90. The van der Waals surface area contributed by atoms with Crippen molar-refractivity contribution in [1.82, 2.24) is 14.7 Å². The van der Waals surface area contributed by atoms with E-state index in [-0.39, 0.29) is 17.8 Å². The monoisotopic (exact) mass is 262 g/mol. The van der Waals surface area contributed by atoms with Gasteiger partial charge in [-0.1, -0.05) is 5.16 Å². The third kappa shape index (κ3) is 2.37. The van der Waals surface area contributed by atoms with E-state index < -0.39 is 4.92 Å². The van der Waals surface area contributed by atoms with Gasteiger partial charge in [0.05, 0.1) is 17.7 Å². The van der Waals surface area contributed by atoms with Gasteiger partial charge in [0.15, 0.2) is 5.82 Å². The van der Waals surface area contributed by atoms with Crippen molar-refractivity contribution in [1.29, 1.82) is 0 Å². The molecule has 0 unspecified atom stereocenters. The highest BCUT2D eigenvalue weighted by atomic mass is 16.6. The molecule has 98 valence electrons. The quantitative estimate of drug-likeness (QED) is 0.602. The summed E-state index contributed by atoms with van der Waals surface area (Å²) in [6.45, 7) is 0.0662. The van der Waals surface area contributed by atoms with E-state index in [1.165, 1.54) is 16.8 Å². The van der Waals surface area contributed by atoms with E-state index in [1.54, 1.807) is 0 Å². The van der Waals surface area contributed by atoms with Gasteiger partial charge in [0.1, 0.15) is 0 Å². The van der Waals surface area contributed by atoms with E-state index in [4.69, 9.17) is 4.52 Å². The van der Waals surface area contributed by atoms with Crippen LogP contribution in [0.1, 0.15) is 30.5 Å². The maximum atomic E-state index is 11.6. The van der Waals surface area contributed by atoms with Gasteiger partial charge in [0.25, 0.3) is 11.2 Å². The molecule has 8 heteroatoms. The Balaban J connectivity index is 1.86. The second-order valence-electron chi connectivity index (χ2n) is 4.43. The first kappa shape index (κ1) is 11.6. The van der Waals surface area contributed by atoms with Crippen molar-refractivity contribution >= 4 is 5.69 Å². The highest BCUT2D eigenvalue weighted by Crippen LogP contribution is 2.38. The largest absolute Gasteiger partial charge is 0.339 e. The van der Waals surface area contributed by atoms with E-state index >= 15 is 0 Å². The molecule has 19 heavy (non-hydrogen) atoms. The lowest BCUT2D eigenvalue weighted by Gasteiger charge is -2.00. The normalized spacial score (nSPS) is 14.5. The minimum absolute atomic E-state index is 0.0662. The molecule has 0 saturated heterocycles. The van der Waals surface area contributed by atoms with Crippen LogP contribution >= 0.6 is 0 Å². The summed E-state index contributed by atoms with van der Waals surface area (Å²) in [7, 11) is 0. The Morgan fingerprint density at radius 2 is 2.26 bits per heavy atom. The van der Waals surface area contributed by atoms with Gasteiger partial charge in [-0.3, -0.25) is 14.9 Å². The van der Waals surface area contributed by atoms with Crippen molar-refractivity contribution in [3.05, 3.63) is 50.5 Å². The SMILES string of the molecule is O=c1ccc([N+](=O)[O-])cn1Cc1noc(C2CC2)n1. The molecule has 2 aromatic heterocycles. The molecule has 2 heterocycles. The maximum Gasteiger partial charge on any atom is 0.285 e. The van der Waals surface area contributed by atoms with Crippen molar-refractivity contribution in [3.8, 4) is 0 Å². The summed E-state index contributed by atoms with van der Waals surface area (Å²) in [5.41, 5.74) is -0.492. The lowest BCUT2D eigenvalue weighted by atomic mass is 10.4. The summed E-state index contributed by atoms with van der Waals surface area (Å²) in [5, 5.41) is 14.4. The first-order valence-corrected chi connectivity index (χ1v) is 5.81. The summed E-state index contributed by atoms with van der Waals surface area (Å²) in [6, 6.07) is 2.32. The second kappa shape index (κ2) is 4.30. The smallest absolute Gasteiger partial charge is 0.285 e. The Labute approximate surface area is 106 Å². The van der Waals surface area contributed by atoms with Gasteiger partial charge in [0.2, 0.25) is 5.89 Å². The van der Waals surface area contributed by atoms with Gasteiger partial charge in [-0.2, -0.15) is 4.98 Å². The predicted molar refractivity (Wildman–Crippen MR) is 62.7 cm³/mol. The van der Waals surface area contributed by atoms with Crippen LogP contribution < -0.4 is 5.56 Å². The zero-order valence-corrected chi connectivity index (χ0v) is 9.85. The number of pyridine rings is 1. The van der Waals surface area contributed by atoms with Crippen LogP contribution in [0.3, 0.4) is 0 Å². The van der Waals surface area contributed by atoms with Crippen molar-refractivity contribution < 1.29 is 9.45 Å². The number of rotatable bonds is 4. The minimum Gasteiger partial charge on any atom is -0.339 e. The van der Waals surface area contributed by atoms with E-state index in [9.17, 15) is 14.9 Å². The zero-order chi connectivity index (χ0) is 13.4. The zero-order valence-electron chi connectivity index (χ0n) is 9.85. The molecule has 0 N–H and O–H groups in total. The molecular weight excluding hydrogens is 252 g/mol. The van der Waals surface area contributed by atoms with Crippen LogP contribution in [0.5, 0.6) is 0 Å². The number of aromatic nitrogens is 3. The summed E-state index contributed by atoms with van der Waals surface area (Å²) in [5.74, 6) is 1.26. The van der Waals surface area contributed by atoms with Crippen LogP contribution in [0.25, 0.3) is 0 Å². The molecule has 0 aliphatic heterocycles. The van der Waals surface area contributed by atoms with E-state index in [0.717, 1.165) is 18.9 Å². The standard InChI is InChI=1S/C11H10N4O4/c16-10-4-3-8(15(17)18)5-14(10)6-9-12-11(19-13-9)7-1-2-7/h3-5,7H,1-2,6H2. The molecule has 0 amide bonds. The Bertz CT molecular complexity index is 686. The first-order chi connectivity index (χ1) is 9.13. The molecule has 0 radical (unpaired) electrons. The molecule has 0 bridgehead atoms. The summed E-state index contributed by atoms with van der Waals surface area (Å²) in [4.78, 5) is 25.9. The van der Waals surface area contributed by atoms with Crippen LogP contribution in [0.4, 0.5) is 5.69 Å². The molecule has 0 spiro atoms. The lowest BCUT2D eigenvalue weighted by Crippen LogP contribution is -2.20. The molecule has 8 nitrogen and oxygen atoms in total. The van der Waals surface area contributed by atoms with Gasteiger partial charge in [-0.05, 0) is 12.8 Å². The predicted octanol–water partition coefficient (Wildman–Crippen LogP) is 1.07. The van der Waals surface area contributed by atoms with Crippen LogP contribution in [0, 0.1) is 10.1 Å². The fourth-order valence-corrected chi connectivity index (χ4v) is 1.73. The van der Waals surface area contributed by atoms with Crippen LogP contribution in [0.2, 0.25) is 0 Å². The molecule has 2 aromatic rings. The van der Waals surface area contributed by atoms with Crippen molar-refractivity contribution in [2.75, 3.05) is 0 Å². The number of nitro groups is 1. The molecule has 0 atom stereocenters. The molecule has 1 saturated carbocycles. The topological polar surface area (TPSA) is 104 Å². The molecule has 0 aromatic carbocycles. The minimum atomic E-state index is -0.554.